The minimum atomic E-state index is -0.846. The van der Waals surface area contributed by atoms with Crippen molar-refractivity contribution in [2.45, 2.75) is 13.0 Å². The molecular weight excluding hydrogens is 208 g/mol. The summed E-state index contributed by atoms with van der Waals surface area (Å²) in [5, 5.41) is 12.7. The van der Waals surface area contributed by atoms with Crippen molar-refractivity contribution in [1.82, 2.24) is 19.7 Å². The van der Waals surface area contributed by atoms with Crippen LogP contribution in [0.25, 0.3) is 11.4 Å². The average Bonchev–Trinajstić information content (AvgIpc) is 2.76. The van der Waals surface area contributed by atoms with Gasteiger partial charge in [0, 0.05) is 18.0 Å². The molecule has 0 saturated carbocycles. The first kappa shape index (κ1) is 10.3. The zero-order valence-corrected chi connectivity index (χ0v) is 8.45. The highest BCUT2D eigenvalue weighted by Crippen LogP contribution is 2.11. The van der Waals surface area contributed by atoms with Crippen LogP contribution in [0.15, 0.2) is 30.9 Å². The van der Waals surface area contributed by atoms with E-state index in [1.807, 2.05) is 0 Å². The second-order valence-corrected chi connectivity index (χ2v) is 3.21. The largest absolute Gasteiger partial charge is 0.481 e. The number of carboxylic acids is 1. The van der Waals surface area contributed by atoms with Gasteiger partial charge in [-0.15, -0.1) is 0 Å². The minimum absolute atomic E-state index is 0.0408. The van der Waals surface area contributed by atoms with Crippen LogP contribution in [0.3, 0.4) is 0 Å². The highest BCUT2D eigenvalue weighted by atomic mass is 16.4. The molecule has 0 spiro atoms. The molecule has 0 bridgehead atoms. The van der Waals surface area contributed by atoms with Crippen LogP contribution < -0.4 is 0 Å². The normalized spacial score (nSPS) is 10.2. The number of rotatable bonds is 4. The van der Waals surface area contributed by atoms with E-state index in [9.17, 15) is 4.79 Å². The molecule has 6 heteroatoms. The van der Waals surface area contributed by atoms with Crippen molar-refractivity contribution in [2.24, 2.45) is 0 Å². The molecule has 2 rings (SSSR count). The molecule has 0 atom stereocenters. The average molecular weight is 218 g/mol. The number of carboxylic acid groups (broad SMARTS) is 1. The predicted octanol–water partition coefficient (Wildman–Crippen LogP) is 0.815. The molecule has 1 N–H and O–H groups in total. The Morgan fingerprint density at radius 2 is 2.12 bits per heavy atom. The molecule has 16 heavy (non-hydrogen) atoms. The Balaban J connectivity index is 2.11. The van der Waals surface area contributed by atoms with Gasteiger partial charge in [0.15, 0.2) is 5.82 Å². The van der Waals surface area contributed by atoms with E-state index in [1.54, 1.807) is 24.5 Å². The van der Waals surface area contributed by atoms with E-state index in [2.05, 4.69) is 15.1 Å². The summed E-state index contributed by atoms with van der Waals surface area (Å²) in [7, 11) is 0. The zero-order chi connectivity index (χ0) is 11.4. The van der Waals surface area contributed by atoms with E-state index in [4.69, 9.17) is 5.11 Å². The molecule has 0 aliphatic rings. The van der Waals surface area contributed by atoms with Crippen molar-refractivity contribution < 1.29 is 9.90 Å². The molecule has 2 heterocycles. The van der Waals surface area contributed by atoms with E-state index >= 15 is 0 Å². The van der Waals surface area contributed by atoms with Gasteiger partial charge >= 0.3 is 5.97 Å². The maximum atomic E-state index is 10.4. The first-order valence-electron chi connectivity index (χ1n) is 4.77. The molecular formula is C10H10N4O2. The van der Waals surface area contributed by atoms with Crippen LogP contribution in [-0.4, -0.2) is 30.8 Å². The minimum Gasteiger partial charge on any atom is -0.481 e. The number of aliphatic carboxylic acids is 1. The molecule has 0 amide bonds. The lowest BCUT2D eigenvalue weighted by atomic mass is 10.3. The Bertz CT molecular complexity index is 481. The Labute approximate surface area is 91.6 Å². The molecule has 0 aliphatic carbocycles. The lowest BCUT2D eigenvalue weighted by Gasteiger charge is -1.96. The quantitative estimate of drug-likeness (QED) is 0.821. The van der Waals surface area contributed by atoms with Crippen molar-refractivity contribution in [3.8, 4) is 11.4 Å². The van der Waals surface area contributed by atoms with Crippen LogP contribution in [0.5, 0.6) is 0 Å². The molecule has 0 aliphatic heterocycles. The summed E-state index contributed by atoms with van der Waals surface area (Å²) in [5.41, 5.74) is 0.865. The third-order valence-electron chi connectivity index (χ3n) is 2.03. The van der Waals surface area contributed by atoms with E-state index in [0.717, 1.165) is 5.56 Å². The SMILES string of the molecule is O=C(O)CCn1cnc(-c2ccncc2)n1. The van der Waals surface area contributed by atoms with Crippen molar-refractivity contribution >= 4 is 5.97 Å². The second-order valence-electron chi connectivity index (χ2n) is 3.21. The molecule has 6 nitrogen and oxygen atoms in total. The highest BCUT2D eigenvalue weighted by molar-refractivity contribution is 5.66. The summed E-state index contributed by atoms with van der Waals surface area (Å²) in [6, 6.07) is 3.60. The third kappa shape index (κ3) is 2.41. The summed E-state index contributed by atoms with van der Waals surface area (Å²) in [4.78, 5) is 18.4. The Kier molecular flexibility index (Phi) is 2.90. The lowest BCUT2D eigenvalue weighted by Crippen LogP contribution is -2.04. The van der Waals surface area contributed by atoms with Crippen LogP contribution in [0.4, 0.5) is 0 Å². The van der Waals surface area contributed by atoms with Gasteiger partial charge in [0.25, 0.3) is 0 Å². The van der Waals surface area contributed by atoms with Crippen LogP contribution in [0.2, 0.25) is 0 Å². The zero-order valence-electron chi connectivity index (χ0n) is 8.45. The fourth-order valence-corrected chi connectivity index (χ4v) is 1.25. The molecule has 0 unspecified atom stereocenters. The van der Waals surface area contributed by atoms with E-state index in [0.29, 0.717) is 12.4 Å². The number of hydrogen-bond acceptors (Lipinski definition) is 4. The summed E-state index contributed by atoms with van der Waals surface area (Å²) in [6.45, 7) is 0.327. The van der Waals surface area contributed by atoms with Crippen LogP contribution >= 0.6 is 0 Å². The Hall–Kier alpha value is -2.24. The lowest BCUT2D eigenvalue weighted by molar-refractivity contribution is -0.137. The molecule has 0 fully saturated rings. The fourth-order valence-electron chi connectivity index (χ4n) is 1.25. The smallest absolute Gasteiger partial charge is 0.305 e. The number of pyridine rings is 1. The summed E-state index contributed by atoms with van der Waals surface area (Å²) in [6.07, 6.45) is 4.89. The van der Waals surface area contributed by atoms with E-state index < -0.39 is 5.97 Å². The molecule has 0 radical (unpaired) electrons. The van der Waals surface area contributed by atoms with Gasteiger partial charge in [-0.1, -0.05) is 0 Å². The Morgan fingerprint density at radius 3 is 2.81 bits per heavy atom. The standard InChI is InChI=1S/C10H10N4O2/c15-9(16)3-6-14-7-12-10(13-14)8-1-4-11-5-2-8/h1-2,4-5,7H,3,6H2,(H,15,16). The number of carbonyl (C=O) groups is 1. The van der Waals surface area contributed by atoms with Crippen LogP contribution in [-0.2, 0) is 11.3 Å². The summed E-state index contributed by atoms with van der Waals surface area (Å²) < 4.78 is 1.52. The van der Waals surface area contributed by atoms with Gasteiger partial charge in [0.05, 0.1) is 13.0 Å². The highest BCUT2D eigenvalue weighted by Gasteiger charge is 2.04. The number of nitrogens with zero attached hydrogens (tertiary/aromatic N) is 4. The van der Waals surface area contributed by atoms with Gasteiger partial charge in [-0.25, -0.2) is 4.98 Å². The molecule has 2 aromatic heterocycles. The fraction of sp³-hybridized carbons (Fsp3) is 0.200. The van der Waals surface area contributed by atoms with Gasteiger partial charge in [-0.3, -0.25) is 14.5 Å². The van der Waals surface area contributed by atoms with Crippen LogP contribution in [0, 0.1) is 0 Å². The van der Waals surface area contributed by atoms with Crippen molar-refractivity contribution in [3.05, 3.63) is 30.9 Å². The summed E-state index contributed by atoms with van der Waals surface area (Å²) in [5.74, 6) is -0.270. The van der Waals surface area contributed by atoms with Gasteiger partial charge in [-0.2, -0.15) is 5.10 Å². The first-order valence-corrected chi connectivity index (χ1v) is 4.77. The maximum absolute atomic E-state index is 10.4. The Morgan fingerprint density at radius 1 is 1.38 bits per heavy atom. The van der Waals surface area contributed by atoms with Gasteiger partial charge in [0.1, 0.15) is 6.33 Å². The second kappa shape index (κ2) is 4.52. The van der Waals surface area contributed by atoms with E-state index in [-0.39, 0.29) is 6.42 Å². The first-order chi connectivity index (χ1) is 7.75. The summed E-state index contributed by atoms with van der Waals surface area (Å²) >= 11 is 0. The van der Waals surface area contributed by atoms with Crippen molar-refractivity contribution in [1.29, 1.82) is 0 Å². The monoisotopic (exact) mass is 218 g/mol. The van der Waals surface area contributed by atoms with Gasteiger partial charge < -0.3 is 5.11 Å². The van der Waals surface area contributed by atoms with Gasteiger partial charge in [0.2, 0.25) is 0 Å². The molecule has 0 saturated heterocycles. The molecule has 0 aromatic carbocycles. The molecule has 82 valence electrons. The van der Waals surface area contributed by atoms with Crippen molar-refractivity contribution in [3.63, 3.8) is 0 Å². The van der Waals surface area contributed by atoms with Crippen LogP contribution in [0.1, 0.15) is 6.42 Å². The van der Waals surface area contributed by atoms with E-state index in [1.165, 1.54) is 11.0 Å². The van der Waals surface area contributed by atoms with Gasteiger partial charge in [-0.05, 0) is 12.1 Å². The van der Waals surface area contributed by atoms with Crippen molar-refractivity contribution in [2.75, 3.05) is 0 Å². The third-order valence-corrected chi connectivity index (χ3v) is 2.03. The number of hydrogen-bond donors (Lipinski definition) is 1. The topological polar surface area (TPSA) is 80.9 Å². The molecule has 2 aromatic rings. The predicted molar refractivity (Wildman–Crippen MR) is 55.5 cm³/mol. The maximum Gasteiger partial charge on any atom is 0.305 e. The number of aromatic nitrogens is 4. The number of aryl methyl sites for hydroxylation is 1.